The van der Waals surface area contributed by atoms with Crippen LogP contribution in [0.3, 0.4) is 0 Å². The lowest BCUT2D eigenvalue weighted by molar-refractivity contribution is -0.0527. The SMILES string of the molecule is COC1(c2noc(CO)n2)CCCCC1. The first-order chi connectivity index (χ1) is 7.30. The highest BCUT2D eigenvalue weighted by Crippen LogP contribution is 2.38. The lowest BCUT2D eigenvalue weighted by atomic mass is 9.84. The summed E-state index contributed by atoms with van der Waals surface area (Å²) in [6, 6.07) is 0. The first kappa shape index (κ1) is 10.6. The molecule has 1 aromatic heterocycles. The number of nitrogens with zero attached hydrogens (tertiary/aromatic N) is 2. The van der Waals surface area contributed by atoms with E-state index in [2.05, 4.69) is 10.1 Å². The van der Waals surface area contributed by atoms with E-state index in [-0.39, 0.29) is 12.5 Å². The predicted molar refractivity (Wildman–Crippen MR) is 52.0 cm³/mol. The molecular weight excluding hydrogens is 196 g/mol. The minimum absolute atomic E-state index is 0.215. The zero-order valence-electron chi connectivity index (χ0n) is 8.90. The molecule has 84 valence electrons. The predicted octanol–water partition coefficient (Wildman–Crippen LogP) is 1.37. The third-order valence-corrected chi connectivity index (χ3v) is 3.06. The van der Waals surface area contributed by atoms with Crippen molar-refractivity contribution in [1.82, 2.24) is 10.1 Å². The molecule has 0 unspecified atom stereocenters. The number of hydrogen-bond acceptors (Lipinski definition) is 5. The summed E-state index contributed by atoms with van der Waals surface area (Å²) in [5.41, 5.74) is -0.394. The molecule has 1 saturated carbocycles. The van der Waals surface area contributed by atoms with Crippen LogP contribution >= 0.6 is 0 Å². The summed E-state index contributed by atoms with van der Waals surface area (Å²) in [7, 11) is 1.68. The molecule has 5 heteroatoms. The van der Waals surface area contributed by atoms with Gasteiger partial charge < -0.3 is 14.4 Å². The molecule has 1 aliphatic carbocycles. The smallest absolute Gasteiger partial charge is 0.252 e. The fraction of sp³-hybridized carbons (Fsp3) is 0.800. The lowest BCUT2D eigenvalue weighted by Gasteiger charge is -2.32. The van der Waals surface area contributed by atoms with Crippen LogP contribution < -0.4 is 0 Å². The summed E-state index contributed by atoms with van der Waals surface area (Å²) in [6.45, 7) is -0.215. The second-order valence-electron chi connectivity index (χ2n) is 3.93. The molecular formula is C10H16N2O3. The standard InChI is InChI=1S/C10H16N2O3/c1-14-10(5-3-2-4-6-10)9-11-8(7-13)15-12-9/h13H,2-7H2,1H3. The first-order valence-electron chi connectivity index (χ1n) is 5.30. The van der Waals surface area contributed by atoms with Gasteiger partial charge >= 0.3 is 0 Å². The normalized spacial score (nSPS) is 20.4. The maximum absolute atomic E-state index is 8.87. The van der Waals surface area contributed by atoms with E-state index in [1.54, 1.807) is 7.11 Å². The molecule has 5 nitrogen and oxygen atoms in total. The van der Waals surface area contributed by atoms with Gasteiger partial charge in [0.05, 0.1) is 0 Å². The Balaban J connectivity index is 2.24. The Kier molecular flexibility index (Phi) is 3.02. The molecule has 0 saturated heterocycles. The van der Waals surface area contributed by atoms with Crippen LogP contribution in [0, 0.1) is 0 Å². The van der Waals surface area contributed by atoms with Crippen molar-refractivity contribution in [3.63, 3.8) is 0 Å². The highest BCUT2D eigenvalue weighted by molar-refractivity contribution is 5.02. The maximum Gasteiger partial charge on any atom is 0.252 e. The topological polar surface area (TPSA) is 68.4 Å². The molecule has 0 radical (unpaired) electrons. The molecule has 0 aromatic carbocycles. The van der Waals surface area contributed by atoms with Crippen LogP contribution in [0.5, 0.6) is 0 Å². The van der Waals surface area contributed by atoms with Crippen molar-refractivity contribution in [3.8, 4) is 0 Å². The molecule has 2 rings (SSSR count). The number of aromatic nitrogens is 2. The van der Waals surface area contributed by atoms with Crippen LogP contribution in [0.1, 0.15) is 43.8 Å². The monoisotopic (exact) mass is 212 g/mol. The molecule has 1 fully saturated rings. The first-order valence-corrected chi connectivity index (χ1v) is 5.30. The van der Waals surface area contributed by atoms with Gasteiger partial charge in [-0.3, -0.25) is 0 Å². The Hall–Kier alpha value is -0.940. The third-order valence-electron chi connectivity index (χ3n) is 3.06. The number of rotatable bonds is 3. The fourth-order valence-electron chi connectivity index (χ4n) is 2.15. The van der Waals surface area contributed by atoms with Gasteiger partial charge in [-0.2, -0.15) is 4.98 Å². The zero-order chi connectivity index (χ0) is 10.7. The molecule has 1 N–H and O–H groups in total. The van der Waals surface area contributed by atoms with Crippen LogP contribution in [0.2, 0.25) is 0 Å². The van der Waals surface area contributed by atoms with E-state index in [9.17, 15) is 0 Å². The number of methoxy groups -OCH3 is 1. The summed E-state index contributed by atoms with van der Waals surface area (Å²) in [6.07, 6.45) is 5.32. The van der Waals surface area contributed by atoms with Gasteiger partial charge in [-0.15, -0.1) is 0 Å². The van der Waals surface area contributed by atoms with Crippen molar-refractivity contribution in [2.24, 2.45) is 0 Å². The van der Waals surface area contributed by atoms with E-state index in [0.717, 1.165) is 25.7 Å². The zero-order valence-corrected chi connectivity index (χ0v) is 8.90. The van der Waals surface area contributed by atoms with E-state index < -0.39 is 5.60 Å². The average molecular weight is 212 g/mol. The summed E-state index contributed by atoms with van der Waals surface area (Å²) in [5.74, 6) is 0.834. The summed E-state index contributed by atoms with van der Waals surface area (Å²) in [4.78, 5) is 4.14. The van der Waals surface area contributed by atoms with E-state index >= 15 is 0 Å². The minimum atomic E-state index is -0.394. The highest BCUT2D eigenvalue weighted by atomic mass is 16.5. The summed E-state index contributed by atoms with van der Waals surface area (Å²) >= 11 is 0. The van der Waals surface area contributed by atoms with Crippen LogP contribution in [0.15, 0.2) is 4.52 Å². The van der Waals surface area contributed by atoms with E-state index in [4.69, 9.17) is 14.4 Å². The third kappa shape index (κ3) is 1.89. The molecule has 0 atom stereocenters. The van der Waals surface area contributed by atoms with Crippen molar-refractivity contribution in [2.45, 2.75) is 44.3 Å². The van der Waals surface area contributed by atoms with Crippen molar-refractivity contribution in [1.29, 1.82) is 0 Å². The second kappa shape index (κ2) is 4.28. The van der Waals surface area contributed by atoms with Gasteiger partial charge in [0.1, 0.15) is 12.2 Å². The quantitative estimate of drug-likeness (QED) is 0.819. The number of aliphatic hydroxyl groups excluding tert-OH is 1. The van der Waals surface area contributed by atoms with Crippen molar-refractivity contribution in [3.05, 3.63) is 11.7 Å². The second-order valence-corrected chi connectivity index (χ2v) is 3.93. The largest absolute Gasteiger partial charge is 0.387 e. The van der Waals surface area contributed by atoms with Gasteiger partial charge in [0.15, 0.2) is 0 Å². The van der Waals surface area contributed by atoms with Crippen LogP contribution in [-0.2, 0) is 16.9 Å². The number of ether oxygens (including phenoxy) is 1. The van der Waals surface area contributed by atoms with Crippen LogP contribution in [0.4, 0.5) is 0 Å². The molecule has 0 spiro atoms. The summed E-state index contributed by atoms with van der Waals surface area (Å²) in [5, 5.41) is 12.8. The number of aliphatic hydroxyl groups is 1. The Morgan fingerprint density at radius 1 is 1.40 bits per heavy atom. The van der Waals surface area contributed by atoms with Crippen molar-refractivity contribution < 1.29 is 14.4 Å². The average Bonchev–Trinajstić information content (AvgIpc) is 2.79. The van der Waals surface area contributed by atoms with E-state index in [0.29, 0.717) is 5.82 Å². The number of hydrogen-bond donors (Lipinski definition) is 1. The van der Waals surface area contributed by atoms with E-state index in [1.165, 1.54) is 6.42 Å². The van der Waals surface area contributed by atoms with Crippen molar-refractivity contribution in [2.75, 3.05) is 7.11 Å². The molecule has 0 amide bonds. The Bertz CT molecular complexity index is 318. The molecule has 0 aliphatic heterocycles. The van der Waals surface area contributed by atoms with Crippen molar-refractivity contribution >= 4 is 0 Å². The fourth-order valence-corrected chi connectivity index (χ4v) is 2.15. The maximum atomic E-state index is 8.87. The van der Waals surface area contributed by atoms with Crippen LogP contribution in [-0.4, -0.2) is 22.4 Å². The highest BCUT2D eigenvalue weighted by Gasteiger charge is 2.38. The van der Waals surface area contributed by atoms with E-state index in [1.807, 2.05) is 0 Å². The van der Waals surface area contributed by atoms with Gasteiger partial charge in [-0.25, -0.2) is 0 Å². The molecule has 0 bridgehead atoms. The lowest BCUT2D eigenvalue weighted by Crippen LogP contribution is -2.32. The van der Waals surface area contributed by atoms with Gasteiger partial charge in [-0.05, 0) is 12.8 Å². The van der Waals surface area contributed by atoms with Gasteiger partial charge in [0.25, 0.3) is 5.89 Å². The molecule has 15 heavy (non-hydrogen) atoms. The Morgan fingerprint density at radius 3 is 2.67 bits per heavy atom. The minimum Gasteiger partial charge on any atom is -0.387 e. The van der Waals surface area contributed by atoms with Crippen LogP contribution in [0.25, 0.3) is 0 Å². The molecule has 1 heterocycles. The van der Waals surface area contributed by atoms with Gasteiger partial charge in [0, 0.05) is 7.11 Å². The Morgan fingerprint density at radius 2 is 2.13 bits per heavy atom. The molecule has 1 aromatic rings. The Labute approximate surface area is 88.4 Å². The summed E-state index contributed by atoms with van der Waals surface area (Å²) < 4.78 is 10.5. The van der Waals surface area contributed by atoms with Gasteiger partial charge in [-0.1, -0.05) is 24.4 Å². The van der Waals surface area contributed by atoms with Gasteiger partial charge in [0.2, 0.25) is 5.82 Å². The molecule has 1 aliphatic rings.